The molecule has 1 aromatic heterocycles. The maximum Gasteiger partial charge on any atom is 0.321 e. The molecule has 1 atom stereocenters. The number of carboxylic acids is 2. The van der Waals surface area contributed by atoms with Crippen molar-refractivity contribution in [2.24, 2.45) is 0 Å². The minimum atomic E-state index is -4.05. The Labute approximate surface area is 129 Å². The van der Waals surface area contributed by atoms with Gasteiger partial charge in [-0.25, -0.2) is 8.42 Å². The monoisotopic (exact) mass is 380 g/mol. The molecule has 1 heterocycles. The Balaban J connectivity index is 2.82. The fraction of sp³-hybridized carbons (Fsp3) is 0.364. The molecule has 8 nitrogen and oxygen atoms in total. The van der Waals surface area contributed by atoms with Crippen LogP contribution in [0.1, 0.15) is 19.3 Å². The van der Waals surface area contributed by atoms with Crippen LogP contribution in [0.3, 0.4) is 0 Å². The van der Waals surface area contributed by atoms with Crippen LogP contribution < -0.4 is 4.72 Å². The smallest absolute Gasteiger partial charge is 0.321 e. The quantitative estimate of drug-likeness (QED) is 0.607. The summed E-state index contributed by atoms with van der Waals surface area (Å²) < 4.78 is 26.6. The van der Waals surface area contributed by atoms with Crippen LogP contribution in [0.25, 0.3) is 0 Å². The van der Waals surface area contributed by atoms with Crippen molar-refractivity contribution in [1.82, 2.24) is 9.71 Å². The van der Waals surface area contributed by atoms with Gasteiger partial charge in [0.05, 0.1) is 0 Å². The zero-order valence-corrected chi connectivity index (χ0v) is 13.1. The highest BCUT2D eigenvalue weighted by molar-refractivity contribution is 9.10. The van der Waals surface area contributed by atoms with E-state index in [1.807, 2.05) is 4.72 Å². The SMILES string of the molecule is O=C(O)CCC[C@@H](NS(=O)(=O)c1cncc(Br)c1)C(=O)O. The van der Waals surface area contributed by atoms with Crippen LogP contribution in [0.5, 0.6) is 0 Å². The lowest BCUT2D eigenvalue weighted by atomic mass is 10.1. The van der Waals surface area contributed by atoms with Crippen LogP contribution in [0.4, 0.5) is 0 Å². The standard InChI is InChI=1S/C11H13BrN2O6S/c12-7-4-8(6-13-5-7)21(19,20)14-9(11(17)18)2-1-3-10(15)16/h4-6,9,14H,1-3H2,(H,15,16)(H,17,18)/t9-/m1/s1. The molecule has 0 amide bonds. The van der Waals surface area contributed by atoms with Crippen LogP contribution in [0.2, 0.25) is 0 Å². The van der Waals surface area contributed by atoms with Gasteiger partial charge in [0.1, 0.15) is 10.9 Å². The van der Waals surface area contributed by atoms with Gasteiger partial charge in [0.15, 0.2) is 0 Å². The summed E-state index contributed by atoms with van der Waals surface area (Å²) in [6.07, 6.45) is 2.17. The van der Waals surface area contributed by atoms with E-state index in [-0.39, 0.29) is 24.2 Å². The molecule has 1 rings (SSSR count). The second kappa shape index (κ2) is 7.48. The van der Waals surface area contributed by atoms with Gasteiger partial charge >= 0.3 is 11.9 Å². The van der Waals surface area contributed by atoms with Crippen LogP contribution >= 0.6 is 15.9 Å². The van der Waals surface area contributed by atoms with E-state index in [9.17, 15) is 18.0 Å². The number of carboxylic acid groups (broad SMARTS) is 2. The van der Waals surface area contributed by atoms with Crippen molar-refractivity contribution >= 4 is 37.9 Å². The summed E-state index contributed by atoms with van der Waals surface area (Å²) in [7, 11) is -4.05. The van der Waals surface area contributed by atoms with Gasteiger partial charge in [-0.2, -0.15) is 4.72 Å². The van der Waals surface area contributed by atoms with Crippen LogP contribution in [-0.2, 0) is 19.6 Å². The number of carbonyl (C=O) groups is 2. The lowest BCUT2D eigenvalue weighted by Crippen LogP contribution is -2.40. The Bertz CT molecular complexity index is 633. The molecular weight excluding hydrogens is 368 g/mol. The minimum absolute atomic E-state index is 0.0472. The number of halogens is 1. The van der Waals surface area contributed by atoms with E-state index >= 15 is 0 Å². The number of aliphatic carboxylic acids is 2. The number of nitrogens with zero attached hydrogens (tertiary/aromatic N) is 1. The van der Waals surface area contributed by atoms with Crippen LogP contribution in [-0.4, -0.2) is 41.6 Å². The Morgan fingerprint density at radius 3 is 2.52 bits per heavy atom. The maximum absolute atomic E-state index is 12.0. The van der Waals surface area contributed by atoms with E-state index in [2.05, 4.69) is 20.9 Å². The van der Waals surface area contributed by atoms with Gasteiger partial charge in [0, 0.05) is 23.3 Å². The van der Waals surface area contributed by atoms with Gasteiger partial charge in [-0.15, -0.1) is 0 Å². The lowest BCUT2D eigenvalue weighted by Gasteiger charge is -2.14. The maximum atomic E-state index is 12.0. The first-order valence-electron chi connectivity index (χ1n) is 5.80. The Kier molecular flexibility index (Phi) is 6.24. The van der Waals surface area contributed by atoms with E-state index in [0.717, 1.165) is 6.20 Å². The van der Waals surface area contributed by atoms with Crippen molar-refractivity contribution in [1.29, 1.82) is 0 Å². The van der Waals surface area contributed by atoms with Gasteiger partial charge in [-0.1, -0.05) is 0 Å². The molecule has 21 heavy (non-hydrogen) atoms. The molecule has 0 aliphatic rings. The topological polar surface area (TPSA) is 134 Å². The molecule has 0 saturated carbocycles. The number of nitrogens with one attached hydrogen (secondary N) is 1. The summed E-state index contributed by atoms with van der Waals surface area (Å²) in [6.45, 7) is 0. The summed E-state index contributed by atoms with van der Waals surface area (Å²) in [6, 6.07) is -0.112. The van der Waals surface area contributed by atoms with Crippen molar-refractivity contribution in [3.05, 3.63) is 22.9 Å². The first-order valence-corrected chi connectivity index (χ1v) is 8.07. The van der Waals surface area contributed by atoms with E-state index in [0.29, 0.717) is 4.47 Å². The Morgan fingerprint density at radius 2 is 2.00 bits per heavy atom. The third kappa shape index (κ3) is 5.78. The van der Waals surface area contributed by atoms with Crippen molar-refractivity contribution < 1.29 is 28.2 Å². The molecule has 1 aromatic rings. The lowest BCUT2D eigenvalue weighted by molar-refractivity contribution is -0.140. The number of sulfonamides is 1. The molecule has 0 aromatic carbocycles. The number of hydrogen-bond acceptors (Lipinski definition) is 5. The molecular formula is C11H13BrN2O6S. The molecule has 3 N–H and O–H groups in total. The predicted octanol–water partition coefficient (Wildman–Crippen LogP) is 0.830. The number of pyridine rings is 1. The molecule has 0 spiro atoms. The molecule has 0 unspecified atom stereocenters. The largest absolute Gasteiger partial charge is 0.481 e. The van der Waals surface area contributed by atoms with E-state index in [1.165, 1.54) is 12.3 Å². The number of aromatic nitrogens is 1. The van der Waals surface area contributed by atoms with Gasteiger partial charge in [-0.05, 0) is 34.8 Å². The third-order valence-corrected chi connectivity index (χ3v) is 4.34. The summed E-state index contributed by atoms with van der Waals surface area (Å²) in [5, 5.41) is 17.5. The molecule has 0 bridgehead atoms. The van der Waals surface area contributed by atoms with Crippen molar-refractivity contribution in [3.8, 4) is 0 Å². The highest BCUT2D eigenvalue weighted by Gasteiger charge is 2.25. The first-order chi connectivity index (χ1) is 9.72. The van der Waals surface area contributed by atoms with Crippen molar-refractivity contribution in [2.45, 2.75) is 30.2 Å². The zero-order chi connectivity index (χ0) is 16.0. The highest BCUT2D eigenvalue weighted by atomic mass is 79.9. The van der Waals surface area contributed by atoms with Gasteiger partial charge in [0.25, 0.3) is 0 Å². The average Bonchev–Trinajstić information content (AvgIpc) is 2.37. The van der Waals surface area contributed by atoms with Crippen molar-refractivity contribution in [2.75, 3.05) is 0 Å². The predicted molar refractivity (Wildman–Crippen MR) is 75.2 cm³/mol. The fourth-order valence-electron chi connectivity index (χ4n) is 1.48. The van der Waals surface area contributed by atoms with Crippen LogP contribution in [0.15, 0.2) is 27.8 Å². The Hall–Kier alpha value is -1.52. The third-order valence-electron chi connectivity index (χ3n) is 2.47. The highest BCUT2D eigenvalue weighted by Crippen LogP contribution is 2.15. The minimum Gasteiger partial charge on any atom is -0.481 e. The number of hydrogen-bond donors (Lipinski definition) is 3. The van der Waals surface area contributed by atoms with Gasteiger partial charge < -0.3 is 10.2 Å². The van der Waals surface area contributed by atoms with Gasteiger partial charge in [0.2, 0.25) is 10.0 Å². The second-order valence-electron chi connectivity index (χ2n) is 4.14. The Morgan fingerprint density at radius 1 is 1.33 bits per heavy atom. The molecule has 0 aliphatic heterocycles. The van der Waals surface area contributed by atoms with E-state index in [1.54, 1.807) is 0 Å². The zero-order valence-electron chi connectivity index (χ0n) is 10.7. The average molecular weight is 381 g/mol. The molecule has 0 fully saturated rings. The molecule has 0 saturated heterocycles. The number of rotatable bonds is 8. The van der Waals surface area contributed by atoms with Crippen LogP contribution in [0, 0.1) is 0 Å². The van der Waals surface area contributed by atoms with Crippen molar-refractivity contribution in [3.63, 3.8) is 0 Å². The molecule has 0 radical (unpaired) electrons. The molecule has 0 aliphatic carbocycles. The van der Waals surface area contributed by atoms with E-state index in [4.69, 9.17) is 10.2 Å². The first kappa shape index (κ1) is 17.5. The summed E-state index contributed by atoms with van der Waals surface area (Å²) in [4.78, 5) is 25.0. The molecule has 10 heteroatoms. The van der Waals surface area contributed by atoms with E-state index < -0.39 is 28.0 Å². The molecule has 116 valence electrons. The second-order valence-corrected chi connectivity index (χ2v) is 6.77. The fourth-order valence-corrected chi connectivity index (χ4v) is 3.21. The normalized spacial score (nSPS) is 12.8. The summed E-state index contributed by atoms with van der Waals surface area (Å²) in [5.41, 5.74) is 0. The summed E-state index contributed by atoms with van der Waals surface area (Å²) in [5.74, 6) is -2.44. The van der Waals surface area contributed by atoms with Gasteiger partial charge in [-0.3, -0.25) is 14.6 Å². The summed E-state index contributed by atoms with van der Waals surface area (Å²) >= 11 is 3.07.